The number of thiophene rings is 1. The number of aryl methyl sites for hydroxylation is 1. The Morgan fingerprint density at radius 3 is 2.59 bits per heavy atom. The van der Waals surface area contributed by atoms with Crippen LogP contribution in [-0.2, 0) is 4.79 Å². The first-order valence-corrected chi connectivity index (χ1v) is 10.5. The molecule has 0 fully saturated rings. The van der Waals surface area contributed by atoms with Gasteiger partial charge in [0.05, 0.1) is 5.39 Å². The summed E-state index contributed by atoms with van der Waals surface area (Å²) in [5.41, 5.74) is 2.33. The highest BCUT2D eigenvalue weighted by atomic mass is 32.1. The van der Waals surface area contributed by atoms with Gasteiger partial charge in [0.25, 0.3) is 0 Å². The van der Waals surface area contributed by atoms with Crippen LogP contribution in [0.3, 0.4) is 0 Å². The van der Waals surface area contributed by atoms with Gasteiger partial charge >= 0.3 is 0 Å². The third kappa shape index (κ3) is 4.90. The zero-order valence-corrected chi connectivity index (χ0v) is 17.5. The number of hydrogen-bond acceptors (Lipinski definition) is 5. The molecule has 1 N–H and O–H groups in total. The van der Waals surface area contributed by atoms with Crippen molar-refractivity contribution in [2.45, 2.75) is 19.8 Å². The fourth-order valence-corrected chi connectivity index (χ4v) is 4.34. The number of carbonyl (C=O) groups is 1. The Balaban J connectivity index is 1.72. The molecule has 0 bridgehead atoms. The maximum absolute atomic E-state index is 12.4. The second-order valence-electron chi connectivity index (χ2n) is 6.71. The van der Waals surface area contributed by atoms with E-state index in [0.29, 0.717) is 26.1 Å². The quantitative estimate of drug-likeness (QED) is 0.378. The molecule has 5 nitrogen and oxygen atoms in total. The Kier molecular flexibility index (Phi) is 7.14. The van der Waals surface area contributed by atoms with Gasteiger partial charge in [0.1, 0.15) is 17.0 Å². The van der Waals surface area contributed by atoms with E-state index in [1.165, 1.54) is 10.4 Å². The number of rotatable bonds is 10. The topological polar surface area (TPSA) is 58.1 Å². The smallest absolute Gasteiger partial charge is 0.223 e. The molecule has 2 heterocycles. The zero-order chi connectivity index (χ0) is 20.6. The molecular weight excluding hydrogens is 380 g/mol. The first kappa shape index (κ1) is 20.7. The molecule has 6 heteroatoms. The number of aromatic nitrogens is 2. The Hall–Kier alpha value is -2.99. The van der Waals surface area contributed by atoms with Crippen LogP contribution in [0.15, 0.2) is 62.0 Å². The van der Waals surface area contributed by atoms with Gasteiger partial charge in [0.15, 0.2) is 0 Å². The van der Waals surface area contributed by atoms with Crippen molar-refractivity contribution in [3.63, 3.8) is 0 Å². The SMILES string of the molecule is C=CCN(CC=C)C(=O)CCCNc1ncnc2sc(C)c(-c3ccccc3)c12. The standard InChI is InChI=1S/C23H26N4OS/c1-4-14-27(15-5-2)19(28)12-9-13-24-22-21-20(18-10-7-6-8-11-18)17(3)29-23(21)26-16-25-22/h4-8,10-11,16H,1-2,9,12-15H2,3H3,(H,24,25,26). The Morgan fingerprint density at radius 1 is 1.17 bits per heavy atom. The van der Waals surface area contributed by atoms with E-state index in [4.69, 9.17) is 0 Å². The maximum Gasteiger partial charge on any atom is 0.223 e. The van der Waals surface area contributed by atoms with Crippen LogP contribution in [-0.4, -0.2) is 40.4 Å². The van der Waals surface area contributed by atoms with E-state index in [-0.39, 0.29) is 5.91 Å². The van der Waals surface area contributed by atoms with Crippen LogP contribution in [0.25, 0.3) is 21.3 Å². The summed E-state index contributed by atoms with van der Waals surface area (Å²) >= 11 is 1.68. The monoisotopic (exact) mass is 406 g/mol. The van der Waals surface area contributed by atoms with Gasteiger partial charge in [0, 0.05) is 36.5 Å². The number of hydrogen-bond donors (Lipinski definition) is 1. The molecule has 0 atom stereocenters. The van der Waals surface area contributed by atoms with E-state index in [2.05, 4.69) is 47.5 Å². The average molecular weight is 407 g/mol. The van der Waals surface area contributed by atoms with Gasteiger partial charge < -0.3 is 10.2 Å². The minimum atomic E-state index is 0.107. The van der Waals surface area contributed by atoms with E-state index < -0.39 is 0 Å². The van der Waals surface area contributed by atoms with Crippen molar-refractivity contribution in [3.8, 4) is 11.1 Å². The van der Waals surface area contributed by atoms with Crippen LogP contribution < -0.4 is 5.32 Å². The molecule has 0 aliphatic rings. The molecule has 0 saturated heterocycles. The highest BCUT2D eigenvalue weighted by Crippen LogP contribution is 2.40. The van der Waals surface area contributed by atoms with Crippen LogP contribution in [0.4, 0.5) is 5.82 Å². The third-order valence-electron chi connectivity index (χ3n) is 4.64. The van der Waals surface area contributed by atoms with Gasteiger partial charge in [-0.2, -0.15) is 0 Å². The number of fused-ring (bicyclic) bond motifs is 1. The summed E-state index contributed by atoms with van der Waals surface area (Å²) in [6, 6.07) is 10.3. The number of anilines is 1. The summed E-state index contributed by atoms with van der Waals surface area (Å²) in [6.45, 7) is 11.3. The van der Waals surface area contributed by atoms with E-state index >= 15 is 0 Å². The van der Waals surface area contributed by atoms with Crippen molar-refractivity contribution < 1.29 is 4.79 Å². The molecule has 1 aromatic carbocycles. The van der Waals surface area contributed by atoms with Crippen LogP contribution >= 0.6 is 11.3 Å². The van der Waals surface area contributed by atoms with Gasteiger partial charge in [0.2, 0.25) is 5.91 Å². The summed E-state index contributed by atoms with van der Waals surface area (Å²) < 4.78 is 0. The molecule has 0 aliphatic heterocycles. The molecule has 0 radical (unpaired) electrons. The molecule has 0 aliphatic carbocycles. The van der Waals surface area contributed by atoms with Crippen molar-refractivity contribution in [2.75, 3.05) is 25.0 Å². The number of nitrogens with zero attached hydrogens (tertiary/aromatic N) is 3. The Morgan fingerprint density at radius 2 is 1.90 bits per heavy atom. The van der Waals surface area contributed by atoms with E-state index in [0.717, 1.165) is 28.0 Å². The highest BCUT2D eigenvalue weighted by Gasteiger charge is 2.16. The normalized spacial score (nSPS) is 10.7. The van der Waals surface area contributed by atoms with Gasteiger partial charge in [-0.3, -0.25) is 4.79 Å². The number of benzene rings is 1. The lowest BCUT2D eigenvalue weighted by Gasteiger charge is -2.19. The van der Waals surface area contributed by atoms with Crippen molar-refractivity contribution in [2.24, 2.45) is 0 Å². The van der Waals surface area contributed by atoms with Crippen molar-refractivity contribution >= 4 is 33.3 Å². The summed E-state index contributed by atoms with van der Waals surface area (Å²) in [7, 11) is 0. The van der Waals surface area contributed by atoms with Crippen LogP contribution in [0, 0.1) is 6.92 Å². The first-order chi connectivity index (χ1) is 14.2. The van der Waals surface area contributed by atoms with Gasteiger partial charge in [-0.15, -0.1) is 24.5 Å². The number of carbonyl (C=O) groups excluding carboxylic acids is 1. The predicted octanol–water partition coefficient (Wildman–Crippen LogP) is 5.06. The first-order valence-electron chi connectivity index (χ1n) is 9.68. The van der Waals surface area contributed by atoms with Gasteiger partial charge in [-0.1, -0.05) is 42.5 Å². The number of amides is 1. The second kappa shape index (κ2) is 9.98. The second-order valence-corrected chi connectivity index (χ2v) is 7.91. The zero-order valence-electron chi connectivity index (χ0n) is 16.7. The lowest BCUT2D eigenvalue weighted by atomic mass is 10.0. The molecule has 2 aromatic heterocycles. The fourth-order valence-electron chi connectivity index (χ4n) is 3.33. The third-order valence-corrected chi connectivity index (χ3v) is 5.65. The van der Waals surface area contributed by atoms with Crippen LogP contribution in [0.5, 0.6) is 0 Å². The summed E-state index contributed by atoms with van der Waals surface area (Å²) in [6.07, 6.45) is 6.26. The van der Waals surface area contributed by atoms with Crippen LogP contribution in [0.1, 0.15) is 17.7 Å². The molecule has 3 rings (SSSR count). The van der Waals surface area contributed by atoms with E-state index in [1.807, 2.05) is 18.2 Å². The summed E-state index contributed by atoms with van der Waals surface area (Å²) in [5.74, 6) is 0.926. The molecule has 0 saturated carbocycles. The average Bonchev–Trinajstić information content (AvgIpc) is 3.08. The summed E-state index contributed by atoms with van der Waals surface area (Å²) in [4.78, 5) is 25.2. The highest BCUT2D eigenvalue weighted by molar-refractivity contribution is 7.19. The molecule has 1 amide bonds. The molecule has 0 spiro atoms. The van der Waals surface area contributed by atoms with Crippen molar-refractivity contribution in [1.29, 1.82) is 0 Å². The lowest BCUT2D eigenvalue weighted by molar-refractivity contribution is -0.130. The Bertz CT molecular complexity index is 987. The van der Waals surface area contributed by atoms with E-state index in [1.54, 1.807) is 34.7 Å². The molecule has 150 valence electrons. The predicted molar refractivity (Wildman–Crippen MR) is 122 cm³/mol. The van der Waals surface area contributed by atoms with Crippen LogP contribution in [0.2, 0.25) is 0 Å². The maximum atomic E-state index is 12.4. The van der Waals surface area contributed by atoms with E-state index in [9.17, 15) is 4.79 Å². The van der Waals surface area contributed by atoms with Gasteiger partial charge in [-0.05, 0) is 18.9 Å². The fraction of sp³-hybridized carbons (Fsp3) is 0.261. The van der Waals surface area contributed by atoms with Crippen molar-refractivity contribution in [1.82, 2.24) is 14.9 Å². The molecule has 29 heavy (non-hydrogen) atoms. The molecular formula is C23H26N4OS. The van der Waals surface area contributed by atoms with Crippen molar-refractivity contribution in [3.05, 3.63) is 66.8 Å². The Labute approximate surface area is 175 Å². The molecule has 0 unspecified atom stereocenters. The minimum Gasteiger partial charge on any atom is -0.369 e. The lowest BCUT2D eigenvalue weighted by Crippen LogP contribution is -2.31. The van der Waals surface area contributed by atoms with Gasteiger partial charge in [-0.25, -0.2) is 9.97 Å². The number of nitrogens with one attached hydrogen (secondary N) is 1. The largest absolute Gasteiger partial charge is 0.369 e. The minimum absolute atomic E-state index is 0.107. The molecule has 3 aromatic rings. The summed E-state index contributed by atoms with van der Waals surface area (Å²) in [5, 5.41) is 4.46.